The van der Waals surface area contributed by atoms with E-state index in [2.05, 4.69) is 9.88 Å². The van der Waals surface area contributed by atoms with E-state index < -0.39 is 5.97 Å². The van der Waals surface area contributed by atoms with E-state index in [1.165, 1.54) is 0 Å². The minimum atomic E-state index is -0.702. The molecule has 17 heavy (non-hydrogen) atoms. The van der Waals surface area contributed by atoms with Gasteiger partial charge in [-0.25, -0.2) is 4.98 Å². The normalized spacial score (nSPS) is 23.5. The maximum atomic E-state index is 11.2. The van der Waals surface area contributed by atoms with Crippen LogP contribution in [-0.2, 0) is 4.79 Å². The SMILES string of the molecule is CC[C@@H](C(=O)O)N1CCC[C@@H](c2nccs2)C1. The van der Waals surface area contributed by atoms with E-state index in [0.29, 0.717) is 12.3 Å². The van der Waals surface area contributed by atoms with E-state index in [1.54, 1.807) is 11.3 Å². The van der Waals surface area contributed by atoms with Crippen molar-refractivity contribution in [3.8, 4) is 0 Å². The number of carboxylic acids is 1. The van der Waals surface area contributed by atoms with Crippen LogP contribution in [0.4, 0.5) is 0 Å². The summed E-state index contributed by atoms with van der Waals surface area (Å²) in [6, 6.07) is -0.335. The van der Waals surface area contributed by atoms with Crippen LogP contribution in [-0.4, -0.2) is 40.1 Å². The summed E-state index contributed by atoms with van der Waals surface area (Å²) in [4.78, 5) is 17.6. The number of thiazole rings is 1. The lowest BCUT2D eigenvalue weighted by Crippen LogP contribution is -2.45. The van der Waals surface area contributed by atoms with Crippen molar-refractivity contribution in [1.82, 2.24) is 9.88 Å². The molecule has 1 aliphatic rings. The molecule has 1 aliphatic heterocycles. The zero-order valence-corrected chi connectivity index (χ0v) is 10.8. The van der Waals surface area contributed by atoms with Crippen LogP contribution in [0.3, 0.4) is 0 Å². The Morgan fingerprint density at radius 2 is 2.59 bits per heavy atom. The summed E-state index contributed by atoms with van der Waals surface area (Å²) in [6.45, 7) is 3.66. The highest BCUT2D eigenvalue weighted by Crippen LogP contribution is 2.29. The molecule has 0 amide bonds. The van der Waals surface area contributed by atoms with Gasteiger partial charge in [-0.15, -0.1) is 11.3 Å². The molecule has 1 N–H and O–H groups in total. The first kappa shape index (κ1) is 12.5. The van der Waals surface area contributed by atoms with Crippen molar-refractivity contribution >= 4 is 17.3 Å². The molecular formula is C12H18N2O2S. The van der Waals surface area contributed by atoms with Crippen molar-refractivity contribution < 1.29 is 9.90 Å². The third kappa shape index (κ3) is 2.84. The molecule has 0 unspecified atom stereocenters. The first-order chi connectivity index (χ1) is 8.22. The molecule has 1 aromatic rings. The summed E-state index contributed by atoms with van der Waals surface area (Å²) in [7, 11) is 0. The number of aliphatic carboxylic acids is 1. The van der Waals surface area contributed by atoms with Gasteiger partial charge < -0.3 is 5.11 Å². The van der Waals surface area contributed by atoms with Crippen LogP contribution in [0.5, 0.6) is 0 Å². The fourth-order valence-electron chi connectivity index (χ4n) is 2.52. The predicted molar refractivity (Wildman–Crippen MR) is 67.4 cm³/mol. The molecule has 2 heterocycles. The van der Waals surface area contributed by atoms with E-state index in [9.17, 15) is 9.90 Å². The van der Waals surface area contributed by atoms with Gasteiger partial charge in [0.05, 0.1) is 5.01 Å². The second kappa shape index (κ2) is 5.60. The van der Waals surface area contributed by atoms with Crippen molar-refractivity contribution in [2.24, 2.45) is 0 Å². The molecule has 94 valence electrons. The number of nitrogens with zero attached hydrogens (tertiary/aromatic N) is 2. The number of piperidine rings is 1. The summed E-state index contributed by atoms with van der Waals surface area (Å²) in [5.74, 6) is -0.288. The number of carbonyl (C=O) groups is 1. The van der Waals surface area contributed by atoms with Crippen LogP contribution in [0, 0.1) is 0 Å². The smallest absolute Gasteiger partial charge is 0.320 e. The summed E-state index contributed by atoms with van der Waals surface area (Å²) in [6.07, 6.45) is 4.68. The van der Waals surface area contributed by atoms with Crippen molar-refractivity contribution in [1.29, 1.82) is 0 Å². The fraction of sp³-hybridized carbons (Fsp3) is 0.667. The largest absolute Gasteiger partial charge is 0.480 e. The monoisotopic (exact) mass is 254 g/mol. The molecule has 2 rings (SSSR count). The summed E-state index contributed by atoms with van der Waals surface area (Å²) in [5, 5.41) is 12.3. The lowest BCUT2D eigenvalue weighted by Gasteiger charge is -2.35. The average Bonchev–Trinajstić information content (AvgIpc) is 2.83. The van der Waals surface area contributed by atoms with Crippen molar-refractivity contribution in [2.45, 2.75) is 38.1 Å². The third-order valence-corrected chi connectivity index (χ3v) is 4.30. The summed E-state index contributed by atoms with van der Waals surface area (Å²) < 4.78 is 0. The number of aromatic nitrogens is 1. The number of likely N-dealkylation sites (tertiary alicyclic amines) is 1. The van der Waals surface area contributed by atoms with Gasteiger partial charge in [0.15, 0.2) is 0 Å². The molecule has 0 aromatic carbocycles. The van der Waals surface area contributed by atoms with E-state index >= 15 is 0 Å². The van der Waals surface area contributed by atoms with Gasteiger partial charge in [-0.2, -0.15) is 0 Å². The van der Waals surface area contributed by atoms with Gasteiger partial charge in [-0.3, -0.25) is 9.69 Å². The number of carboxylic acid groups (broad SMARTS) is 1. The van der Waals surface area contributed by atoms with Gasteiger partial charge in [0, 0.05) is 24.0 Å². The molecule has 5 heteroatoms. The van der Waals surface area contributed by atoms with Crippen molar-refractivity contribution in [3.63, 3.8) is 0 Å². The Morgan fingerprint density at radius 3 is 3.18 bits per heavy atom. The van der Waals surface area contributed by atoms with Gasteiger partial charge >= 0.3 is 5.97 Å². The molecule has 0 bridgehead atoms. The third-order valence-electron chi connectivity index (χ3n) is 3.37. The van der Waals surface area contributed by atoms with Gasteiger partial charge in [-0.05, 0) is 25.8 Å². The minimum Gasteiger partial charge on any atom is -0.480 e. The topological polar surface area (TPSA) is 53.4 Å². The van der Waals surface area contributed by atoms with Crippen LogP contribution in [0.15, 0.2) is 11.6 Å². The Kier molecular flexibility index (Phi) is 4.12. The lowest BCUT2D eigenvalue weighted by atomic mass is 9.96. The summed E-state index contributed by atoms with van der Waals surface area (Å²) in [5.41, 5.74) is 0. The molecule has 0 spiro atoms. The van der Waals surface area contributed by atoms with E-state index in [4.69, 9.17) is 0 Å². The van der Waals surface area contributed by atoms with E-state index in [0.717, 1.165) is 30.9 Å². The molecule has 0 aliphatic carbocycles. The van der Waals surface area contributed by atoms with Crippen molar-refractivity contribution in [2.75, 3.05) is 13.1 Å². The minimum absolute atomic E-state index is 0.335. The highest BCUT2D eigenvalue weighted by molar-refractivity contribution is 7.09. The number of hydrogen-bond donors (Lipinski definition) is 1. The van der Waals surface area contributed by atoms with Crippen LogP contribution in [0.1, 0.15) is 37.1 Å². The van der Waals surface area contributed by atoms with Gasteiger partial charge in [0.25, 0.3) is 0 Å². The number of hydrogen-bond acceptors (Lipinski definition) is 4. The molecule has 0 saturated carbocycles. The predicted octanol–water partition coefficient (Wildman–Crippen LogP) is 2.19. The van der Waals surface area contributed by atoms with Crippen LogP contribution < -0.4 is 0 Å². The van der Waals surface area contributed by atoms with Crippen LogP contribution in [0.2, 0.25) is 0 Å². The maximum absolute atomic E-state index is 11.2. The lowest BCUT2D eigenvalue weighted by molar-refractivity contribution is -0.144. The molecular weight excluding hydrogens is 236 g/mol. The van der Waals surface area contributed by atoms with Crippen LogP contribution >= 0.6 is 11.3 Å². The second-order valence-corrected chi connectivity index (χ2v) is 5.39. The molecule has 2 atom stereocenters. The fourth-order valence-corrected chi connectivity index (χ4v) is 3.28. The Labute approximate surface area is 105 Å². The van der Waals surface area contributed by atoms with Gasteiger partial charge in [-0.1, -0.05) is 6.92 Å². The Morgan fingerprint density at radius 1 is 1.76 bits per heavy atom. The second-order valence-electron chi connectivity index (χ2n) is 4.47. The highest BCUT2D eigenvalue weighted by Gasteiger charge is 2.30. The highest BCUT2D eigenvalue weighted by atomic mass is 32.1. The first-order valence-corrected chi connectivity index (χ1v) is 6.96. The Hall–Kier alpha value is -0.940. The summed E-state index contributed by atoms with van der Waals surface area (Å²) >= 11 is 1.67. The first-order valence-electron chi connectivity index (χ1n) is 6.08. The molecule has 0 radical (unpaired) electrons. The van der Waals surface area contributed by atoms with Crippen LogP contribution in [0.25, 0.3) is 0 Å². The molecule has 1 saturated heterocycles. The Bertz CT molecular complexity index is 367. The zero-order valence-electron chi connectivity index (χ0n) is 10.0. The van der Waals surface area contributed by atoms with Gasteiger partial charge in [0.2, 0.25) is 0 Å². The zero-order chi connectivity index (χ0) is 12.3. The average molecular weight is 254 g/mol. The van der Waals surface area contributed by atoms with Gasteiger partial charge in [0.1, 0.15) is 6.04 Å². The van der Waals surface area contributed by atoms with E-state index in [-0.39, 0.29) is 6.04 Å². The maximum Gasteiger partial charge on any atom is 0.320 e. The molecule has 1 aromatic heterocycles. The molecule has 4 nitrogen and oxygen atoms in total. The quantitative estimate of drug-likeness (QED) is 0.895. The standard InChI is InChI=1S/C12H18N2O2S/c1-2-10(12(15)16)14-6-3-4-9(8-14)11-13-5-7-17-11/h5,7,9-10H,2-4,6,8H2,1H3,(H,15,16)/t9-,10+/m1/s1. The molecule has 1 fully saturated rings. The Balaban J connectivity index is 2.04. The number of rotatable bonds is 4. The van der Waals surface area contributed by atoms with E-state index in [1.807, 2.05) is 18.5 Å². The van der Waals surface area contributed by atoms with Crippen molar-refractivity contribution in [3.05, 3.63) is 16.6 Å².